The molecule has 0 radical (unpaired) electrons. The maximum Gasteiger partial charge on any atom is 0.00533 e. The molecule has 2 unspecified atom stereocenters. The molecular formula is C14H31N3. The molecule has 102 valence electrons. The first-order valence-corrected chi connectivity index (χ1v) is 7.21. The van der Waals surface area contributed by atoms with Crippen LogP contribution in [0.5, 0.6) is 0 Å². The van der Waals surface area contributed by atoms with Gasteiger partial charge in [-0.2, -0.15) is 0 Å². The smallest absolute Gasteiger partial charge is 0.00533 e. The molecule has 1 aliphatic rings. The zero-order chi connectivity index (χ0) is 12.7. The predicted octanol–water partition coefficient (Wildman–Crippen LogP) is 1.79. The third-order valence-electron chi connectivity index (χ3n) is 3.66. The molecule has 1 saturated heterocycles. The van der Waals surface area contributed by atoms with Crippen LogP contribution in [0.3, 0.4) is 0 Å². The third-order valence-corrected chi connectivity index (χ3v) is 3.66. The first kappa shape index (κ1) is 14.9. The van der Waals surface area contributed by atoms with Gasteiger partial charge < -0.3 is 15.1 Å². The zero-order valence-electron chi connectivity index (χ0n) is 12.2. The quantitative estimate of drug-likeness (QED) is 0.740. The molecule has 1 aliphatic heterocycles. The van der Waals surface area contributed by atoms with Crippen molar-refractivity contribution in [3.05, 3.63) is 0 Å². The molecule has 0 aliphatic carbocycles. The summed E-state index contributed by atoms with van der Waals surface area (Å²) in [5.74, 6) is 0. The molecule has 17 heavy (non-hydrogen) atoms. The van der Waals surface area contributed by atoms with Crippen LogP contribution in [-0.2, 0) is 0 Å². The minimum atomic E-state index is 0.676. The average molecular weight is 241 g/mol. The van der Waals surface area contributed by atoms with Crippen molar-refractivity contribution in [1.82, 2.24) is 15.1 Å². The van der Waals surface area contributed by atoms with Gasteiger partial charge in [-0.1, -0.05) is 0 Å². The molecule has 1 heterocycles. The fourth-order valence-electron chi connectivity index (χ4n) is 2.50. The number of rotatable bonds is 5. The molecule has 0 saturated carbocycles. The molecular weight excluding hydrogens is 210 g/mol. The second-order valence-electron chi connectivity index (χ2n) is 5.90. The molecule has 0 aromatic heterocycles. The Balaban J connectivity index is 2.18. The van der Waals surface area contributed by atoms with Gasteiger partial charge in [-0.3, -0.25) is 0 Å². The van der Waals surface area contributed by atoms with E-state index in [9.17, 15) is 0 Å². The summed E-state index contributed by atoms with van der Waals surface area (Å²) in [4.78, 5) is 4.94. The minimum absolute atomic E-state index is 0.676. The van der Waals surface area contributed by atoms with E-state index < -0.39 is 0 Å². The van der Waals surface area contributed by atoms with Crippen molar-refractivity contribution in [2.24, 2.45) is 0 Å². The molecule has 0 aromatic carbocycles. The average Bonchev–Trinajstić information content (AvgIpc) is 2.24. The lowest BCUT2D eigenvalue weighted by atomic mass is 10.1. The molecule has 0 aromatic rings. The Morgan fingerprint density at radius 3 is 2.18 bits per heavy atom. The predicted molar refractivity (Wildman–Crippen MR) is 75.5 cm³/mol. The van der Waals surface area contributed by atoms with E-state index in [1.165, 1.54) is 51.9 Å². The van der Waals surface area contributed by atoms with Crippen LogP contribution >= 0.6 is 0 Å². The normalized spacial score (nSPS) is 28.1. The van der Waals surface area contributed by atoms with Crippen LogP contribution in [0.1, 0.15) is 39.5 Å². The third kappa shape index (κ3) is 7.02. The van der Waals surface area contributed by atoms with Gasteiger partial charge in [0.1, 0.15) is 0 Å². The number of unbranched alkanes of at least 4 members (excludes halogenated alkanes) is 1. The summed E-state index contributed by atoms with van der Waals surface area (Å²) in [6, 6.07) is 1.35. The molecule has 3 heteroatoms. The molecule has 0 bridgehead atoms. The highest BCUT2D eigenvalue weighted by molar-refractivity contribution is 4.75. The Bertz CT molecular complexity index is 182. The van der Waals surface area contributed by atoms with Crippen molar-refractivity contribution in [2.45, 2.75) is 51.6 Å². The summed E-state index contributed by atoms with van der Waals surface area (Å²) in [5.41, 5.74) is 0. The second kappa shape index (κ2) is 8.06. The number of hydrogen-bond acceptors (Lipinski definition) is 3. The van der Waals surface area contributed by atoms with E-state index in [1.807, 2.05) is 0 Å². The van der Waals surface area contributed by atoms with Crippen molar-refractivity contribution >= 4 is 0 Å². The Morgan fingerprint density at radius 1 is 1.06 bits per heavy atom. The van der Waals surface area contributed by atoms with Gasteiger partial charge in [-0.05, 0) is 79.8 Å². The largest absolute Gasteiger partial charge is 0.312 e. The van der Waals surface area contributed by atoms with E-state index >= 15 is 0 Å². The van der Waals surface area contributed by atoms with Gasteiger partial charge in [0.2, 0.25) is 0 Å². The van der Waals surface area contributed by atoms with Crippen molar-refractivity contribution in [3.8, 4) is 0 Å². The van der Waals surface area contributed by atoms with E-state index in [2.05, 4.69) is 43.1 Å². The number of hydrogen-bond donors (Lipinski definition) is 1. The lowest BCUT2D eigenvalue weighted by Gasteiger charge is -2.30. The lowest BCUT2D eigenvalue weighted by molar-refractivity contribution is 0.213. The summed E-state index contributed by atoms with van der Waals surface area (Å²) in [6.45, 7) is 9.67. The van der Waals surface area contributed by atoms with E-state index in [4.69, 9.17) is 0 Å². The fourth-order valence-corrected chi connectivity index (χ4v) is 2.50. The van der Waals surface area contributed by atoms with E-state index in [0.717, 1.165) is 0 Å². The monoisotopic (exact) mass is 241 g/mol. The van der Waals surface area contributed by atoms with Crippen molar-refractivity contribution in [2.75, 3.05) is 40.3 Å². The van der Waals surface area contributed by atoms with Crippen molar-refractivity contribution in [1.29, 1.82) is 0 Å². The van der Waals surface area contributed by atoms with Crippen LogP contribution in [0.4, 0.5) is 0 Å². The molecule has 1 fully saturated rings. The molecule has 0 spiro atoms. The summed E-state index contributed by atoms with van der Waals surface area (Å²) >= 11 is 0. The standard InChI is InChI=1S/C14H31N3/c1-13-7-11-17(12-8-14(2)15-13)10-6-5-9-16(3)4/h13-15H,5-12H2,1-4H3. The maximum atomic E-state index is 3.65. The number of nitrogens with zero attached hydrogens (tertiary/aromatic N) is 2. The summed E-state index contributed by atoms with van der Waals surface area (Å²) in [7, 11) is 4.32. The molecule has 3 nitrogen and oxygen atoms in total. The van der Waals surface area contributed by atoms with Gasteiger partial charge in [-0.15, -0.1) is 0 Å². The maximum absolute atomic E-state index is 3.65. The van der Waals surface area contributed by atoms with Crippen LogP contribution in [0.2, 0.25) is 0 Å². The van der Waals surface area contributed by atoms with E-state index in [0.29, 0.717) is 12.1 Å². The zero-order valence-corrected chi connectivity index (χ0v) is 12.2. The summed E-state index contributed by atoms with van der Waals surface area (Å²) in [6.07, 6.45) is 5.25. The Hall–Kier alpha value is -0.120. The van der Waals surface area contributed by atoms with Gasteiger partial charge in [-0.25, -0.2) is 0 Å². The minimum Gasteiger partial charge on any atom is -0.312 e. The lowest BCUT2D eigenvalue weighted by Crippen LogP contribution is -2.43. The van der Waals surface area contributed by atoms with E-state index in [-0.39, 0.29) is 0 Å². The van der Waals surface area contributed by atoms with Crippen LogP contribution in [0.25, 0.3) is 0 Å². The molecule has 0 amide bonds. The summed E-state index contributed by atoms with van der Waals surface area (Å²) < 4.78 is 0. The Morgan fingerprint density at radius 2 is 1.65 bits per heavy atom. The van der Waals surface area contributed by atoms with Gasteiger partial charge in [0, 0.05) is 12.1 Å². The fraction of sp³-hybridized carbons (Fsp3) is 1.00. The first-order chi connectivity index (χ1) is 8.08. The first-order valence-electron chi connectivity index (χ1n) is 7.21. The number of nitrogens with one attached hydrogen (secondary N) is 1. The molecule has 2 atom stereocenters. The van der Waals surface area contributed by atoms with Crippen LogP contribution in [0.15, 0.2) is 0 Å². The van der Waals surface area contributed by atoms with E-state index in [1.54, 1.807) is 0 Å². The molecule has 1 N–H and O–H groups in total. The van der Waals surface area contributed by atoms with Crippen LogP contribution < -0.4 is 5.32 Å². The SMILES string of the molecule is CC1CCN(CCCCN(C)C)CCC(C)N1. The van der Waals surface area contributed by atoms with Crippen LogP contribution in [0, 0.1) is 0 Å². The topological polar surface area (TPSA) is 18.5 Å². The Kier molecular flexibility index (Phi) is 7.09. The van der Waals surface area contributed by atoms with Gasteiger partial charge in [0.25, 0.3) is 0 Å². The van der Waals surface area contributed by atoms with Gasteiger partial charge in [0.05, 0.1) is 0 Å². The van der Waals surface area contributed by atoms with Crippen LogP contribution in [-0.4, -0.2) is 62.2 Å². The highest BCUT2D eigenvalue weighted by atomic mass is 15.1. The van der Waals surface area contributed by atoms with Gasteiger partial charge >= 0.3 is 0 Å². The van der Waals surface area contributed by atoms with Gasteiger partial charge in [0.15, 0.2) is 0 Å². The van der Waals surface area contributed by atoms with Crippen molar-refractivity contribution < 1.29 is 0 Å². The second-order valence-corrected chi connectivity index (χ2v) is 5.90. The molecule has 1 rings (SSSR count). The van der Waals surface area contributed by atoms with Crippen molar-refractivity contribution in [3.63, 3.8) is 0 Å². The highest BCUT2D eigenvalue weighted by Gasteiger charge is 2.15. The Labute approximate surface area is 108 Å². The highest BCUT2D eigenvalue weighted by Crippen LogP contribution is 2.07. The summed E-state index contributed by atoms with van der Waals surface area (Å²) in [5, 5.41) is 3.65.